The van der Waals surface area contributed by atoms with Gasteiger partial charge in [0.15, 0.2) is 0 Å². The van der Waals surface area contributed by atoms with E-state index in [0.29, 0.717) is 23.8 Å². The van der Waals surface area contributed by atoms with Crippen LogP contribution in [0, 0.1) is 25.7 Å². The lowest BCUT2D eigenvalue weighted by atomic mass is 9.73. The van der Waals surface area contributed by atoms with Crippen molar-refractivity contribution in [3.8, 4) is 17.0 Å². The Kier molecular flexibility index (Phi) is 7.92. The third-order valence-electron chi connectivity index (χ3n) is 9.05. The predicted octanol–water partition coefficient (Wildman–Crippen LogP) is 7.31. The summed E-state index contributed by atoms with van der Waals surface area (Å²) < 4.78 is 45.2. The molecule has 5 heterocycles. The van der Waals surface area contributed by atoms with Gasteiger partial charge in [0.1, 0.15) is 11.4 Å². The Hall–Kier alpha value is -4.24. The number of aryl methyl sites for hydroxylation is 2. The molecule has 4 unspecified atom stereocenters. The molecule has 0 spiro atoms. The number of nitrogens with zero attached hydrogens (tertiary/aromatic N) is 3. The van der Waals surface area contributed by atoms with E-state index in [9.17, 15) is 18.0 Å². The Balaban J connectivity index is 1.49. The zero-order valence-electron chi connectivity index (χ0n) is 25.0. The first-order chi connectivity index (χ1) is 21.0. The van der Waals surface area contributed by atoms with Gasteiger partial charge in [-0.25, -0.2) is 4.98 Å². The summed E-state index contributed by atoms with van der Waals surface area (Å²) in [7, 11) is 1.61. The van der Waals surface area contributed by atoms with E-state index in [1.54, 1.807) is 7.11 Å². The van der Waals surface area contributed by atoms with E-state index >= 15 is 0 Å². The molecule has 0 radical (unpaired) electrons. The average Bonchev–Trinajstić information content (AvgIpc) is 3.02. The number of carbonyl (C=O) groups excluding carboxylic acids is 1. The van der Waals surface area contributed by atoms with Crippen LogP contribution < -0.4 is 10.1 Å². The number of hydrogen-bond donors (Lipinski definition) is 1. The van der Waals surface area contributed by atoms with E-state index in [1.165, 1.54) is 0 Å². The van der Waals surface area contributed by atoms with Crippen molar-refractivity contribution in [3.63, 3.8) is 0 Å². The normalized spacial score (nSPS) is 22.0. The van der Waals surface area contributed by atoms with E-state index < -0.39 is 23.7 Å². The number of ether oxygens (including phenoxy) is 1. The van der Waals surface area contributed by atoms with Gasteiger partial charge in [0.25, 0.3) is 5.91 Å². The summed E-state index contributed by atoms with van der Waals surface area (Å²) in [5, 5.41) is 4.05. The number of amides is 1. The highest BCUT2D eigenvalue weighted by Crippen LogP contribution is 2.43. The van der Waals surface area contributed by atoms with Crippen LogP contribution in [-0.2, 0) is 6.18 Å². The second-order valence-electron chi connectivity index (χ2n) is 12.0. The van der Waals surface area contributed by atoms with Crippen molar-refractivity contribution in [1.29, 1.82) is 0 Å². The molecule has 3 saturated heterocycles. The molecule has 0 aliphatic carbocycles. The van der Waals surface area contributed by atoms with E-state index in [-0.39, 0.29) is 11.7 Å². The molecule has 1 amide bonds. The molecule has 3 fully saturated rings. The van der Waals surface area contributed by atoms with Crippen LogP contribution in [0.5, 0.6) is 5.75 Å². The van der Waals surface area contributed by atoms with E-state index in [1.807, 2.05) is 44.2 Å². The second-order valence-corrected chi connectivity index (χ2v) is 12.0. The number of fused-ring (bicyclic) bond motifs is 4. The molecule has 1 N–H and O–H groups in total. The maximum atomic E-state index is 13.7. The lowest BCUT2D eigenvalue weighted by Crippen LogP contribution is -2.57. The lowest BCUT2D eigenvalue weighted by molar-refractivity contribution is -0.137. The van der Waals surface area contributed by atoms with Crippen LogP contribution in [0.25, 0.3) is 22.2 Å². The number of piperidine rings is 3. The number of aromatic nitrogens is 2. The van der Waals surface area contributed by atoms with Crippen LogP contribution in [0.2, 0.25) is 0 Å². The summed E-state index contributed by atoms with van der Waals surface area (Å²) in [5.41, 5.74) is 4.62. The molecule has 5 atom stereocenters. The minimum absolute atomic E-state index is 0.0488. The Labute approximate surface area is 255 Å². The van der Waals surface area contributed by atoms with Gasteiger partial charge in [-0.15, -0.1) is 6.58 Å². The van der Waals surface area contributed by atoms with Crippen LogP contribution >= 0.6 is 0 Å². The predicted molar refractivity (Wildman–Crippen MR) is 164 cm³/mol. The van der Waals surface area contributed by atoms with Crippen molar-refractivity contribution in [1.82, 2.24) is 20.2 Å². The zero-order valence-corrected chi connectivity index (χ0v) is 25.0. The number of alkyl halides is 3. The van der Waals surface area contributed by atoms with Gasteiger partial charge >= 0.3 is 6.18 Å². The number of nitrogens with one attached hydrogen (secondary N) is 1. The lowest BCUT2D eigenvalue weighted by Gasteiger charge is -2.51. The fourth-order valence-electron chi connectivity index (χ4n) is 6.90. The molecule has 7 rings (SSSR count). The molecular weight excluding hydrogens is 565 g/mol. The fourth-order valence-corrected chi connectivity index (χ4v) is 6.90. The monoisotopic (exact) mass is 600 g/mol. The number of hydrogen-bond acceptors (Lipinski definition) is 5. The number of pyridine rings is 2. The molecule has 4 aromatic rings. The van der Waals surface area contributed by atoms with Crippen molar-refractivity contribution in [3.05, 3.63) is 101 Å². The summed E-state index contributed by atoms with van der Waals surface area (Å²) in [4.78, 5) is 25.0. The molecule has 44 heavy (non-hydrogen) atoms. The van der Waals surface area contributed by atoms with Crippen molar-refractivity contribution in [2.24, 2.45) is 11.8 Å². The number of benzene rings is 2. The number of carbonyl (C=O) groups is 1. The van der Waals surface area contributed by atoms with Crippen molar-refractivity contribution >= 4 is 16.8 Å². The number of halogens is 3. The molecule has 228 valence electrons. The fraction of sp³-hybridized carbons (Fsp3) is 0.343. The maximum Gasteiger partial charge on any atom is 0.417 e. The quantitative estimate of drug-likeness (QED) is 0.226. The first-order valence-electron chi connectivity index (χ1n) is 14.8. The van der Waals surface area contributed by atoms with Gasteiger partial charge in [0.2, 0.25) is 0 Å². The third-order valence-corrected chi connectivity index (χ3v) is 9.05. The summed E-state index contributed by atoms with van der Waals surface area (Å²) in [6.45, 7) is 9.87. The highest BCUT2D eigenvalue weighted by molar-refractivity contribution is 5.94. The number of rotatable bonds is 7. The molecule has 9 heteroatoms. The summed E-state index contributed by atoms with van der Waals surface area (Å²) >= 11 is 0. The van der Waals surface area contributed by atoms with Crippen LogP contribution in [0.15, 0.2) is 73.4 Å². The van der Waals surface area contributed by atoms with Gasteiger partial charge < -0.3 is 10.1 Å². The summed E-state index contributed by atoms with van der Waals surface area (Å²) in [6, 6.07) is 15.5. The SMILES string of the molecule is C=CC1CN2CCC1CC2[C@@H](NC(=O)c1ccc(C(F)(F)F)cn1)c1cc(-c2cc(C)cc(C)c2)nc2ccc(OC)cc12. The molecule has 0 saturated carbocycles. The molecule has 2 bridgehead atoms. The number of methoxy groups -OCH3 is 1. The van der Waals surface area contributed by atoms with Gasteiger partial charge in [-0.3, -0.25) is 14.7 Å². The van der Waals surface area contributed by atoms with Crippen molar-refractivity contribution in [2.45, 2.75) is 44.9 Å². The molecule has 2 aromatic carbocycles. The van der Waals surface area contributed by atoms with Gasteiger partial charge in [0.05, 0.1) is 29.9 Å². The topological polar surface area (TPSA) is 67.4 Å². The Bertz CT molecular complexity index is 1700. The van der Waals surface area contributed by atoms with Crippen LogP contribution in [0.1, 0.15) is 51.6 Å². The van der Waals surface area contributed by atoms with Crippen LogP contribution in [-0.4, -0.2) is 47.0 Å². The zero-order chi connectivity index (χ0) is 31.2. The van der Waals surface area contributed by atoms with E-state index in [2.05, 4.69) is 40.0 Å². The molecule has 3 aliphatic heterocycles. The molecular formula is C35H35F3N4O2. The Morgan fingerprint density at radius 2 is 1.89 bits per heavy atom. The highest BCUT2D eigenvalue weighted by atomic mass is 19.4. The van der Waals surface area contributed by atoms with Gasteiger partial charge in [-0.1, -0.05) is 23.3 Å². The Morgan fingerprint density at radius 1 is 1.11 bits per heavy atom. The van der Waals surface area contributed by atoms with Gasteiger partial charge in [-0.05, 0) is 99.2 Å². The molecule has 3 aliphatic rings. The summed E-state index contributed by atoms with van der Waals surface area (Å²) in [6.07, 6.45) is 0.0787. The van der Waals surface area contributed by atoms with Crippen LogP contribution in [0.4, 0.5) is 13.2 Å². The maximum absolute atomic E-state index is 13.7. The smallest absolute Gasteiger partial charge is 0.417 e. The van der Waals surface area contributed by atoms with E-state index in [4.69, 9.17) is 9.72 Å². The highest BCUT2D eigenvalue weighted by Gasteiger charge is 2.43. The average molecular weight is 601 g/mol. The largest absolute Gasteiger partial charge is 0.497 e. The van der Waals surface area contributed by atoms with Crippen molar-refractivity contribution < 1.29 is 22.7 Å². The van der Waals surface area contributed by atoms with Crippen molar-refractivity contribution in [2.75, 3.05) is 20.2 Å². The minimum Gasteiger partial charge on any atom is -0.497 e. The Morgan fingerprint density at radius 3 is 2.50 bits per heavy atom. The first kappa shape index (κ1) is 29.8. The first-order valence-corrected chi connectivity index (χ1v) is 14.8. The van der Waals surface area contributed by atoms with Crippen LogP contribution in [0.3, 0.4) is 0 Å². The second kappa shape index (κ2) is 11.7. The third kappa shape index (κ3) is 5.80. The van der Waals surface area contributed by atoms with Gasteiger partial charge in [-0.2, -0.15) is 13.2 Å². The molecule has 6 nitrogen and oxygen atoms in total. The summed E-state index contributed by atoms with van der Waals surface area (Å²) in [5.74, 6) is 0.916. The van der Waals surface area contributed by atoms with Gasteiger partial charge in [0, 0.05) is 29.7 Å². The van der Waals surface area contributed by atoms with E-state index in [0.717, 1.165) is 76.9 Å². The molecule has 2 aromatic heterocycles. The standard InChI is InChI=1S/C35H35F3N4O2/c1-5-22-19-42-11-10-23(22)15-32(42)33(41-34(43)30-8-6-25(18-39-30)35(36,37)38)28-17-31(24-13-20(2)12-21(3)14-24)40-29-9-7-26(44-4)16-27(28)29/h5-9,12-14,16-18,22-23,32-33H,1,10-11,15,19H2,2-4H3,(H,41,43)/t22?,23?,32?,33-/m0/s1. The minimum atomic E-state index is -4.54.